The number of hydrogen-bond acceptors (Lipinski definition) is 6. The zero-order valence-corrected chi connectivity index (χ0v) is 19.3. The van der Waals surface area contributed by atoms with Crippen molar-refractivity contribution in [2.24, 2.45) is 5.92 Å². The number of ketones is 1. The summed E-state index contributed by atoms with van der Waals surface area (Å²) in [7, 11) is 0. The third-order valence-corrected chi connectivity index (χ3v) is 6.23. The number of aryl methyl sites for hydroxylation is 1. The van der Waals surface area contributed by atoms with Gasteiger partial charge in [0.05, 0.1) is 36.6 Å². The number of morpholine rings is 1. The van der Waals surface area contributed by atoms with Gasteiger partial charge >= 0.3 is 5.97 Å². The first-order chi connectivity index (χ1) is 14.7. The van der Waals surface area contributed by atoms with Crippen molar-refractivity contribution in [2.75, 3.05) is 39.3 Å². The summed E-state index contributed by atoms with van der Waals surface area (Å²) in [6.45, 7) is 12.6. The zero-order valence-electron chi connectivity index (χ0n) is 19.3. The van der Waals surface area contributed by atoms with E-state index in [1.165, 1.54) is 0 Å². The molecule has 0 aromatic carbocycles. The number of hydrogen-bond donors (Lipinski definition) is 1. The first-order valence-corrected chi connectivity index (χ1v) is 11.3. The molecule has 3 heterocycles. The lowest BCUT2D eigenvalue weighted by Gasteiger charge is -2.39. The van der Waals surface area contributed by atoms with Crippen molar-refractivity contribution in [3.63, 3.8) is 0 Å². The minimum absolute atomic E-state index is 0.00809. The molecule has 3 rings (SSSR count). The third-order valence-electron chi connectivity index (χ3n) is 6.23. The first-order valence-electron chi connectivity index (χ1n) is 11.3. The summed E-state index contributed by atoms with van der Waals surface area (Å²) in [5.41, 5.74) is 2.21. The minimum Gasteiger partial charge on any atom is -0.462 e. The highest BCUT2D eigenvalue weighted by molar-refractivity contribution is 6.02. The highest BCUT2D eigenvalue weighted by atomic mass is 16.5. The second-order valence-electron chi connectivity index (χ2n) is 8.82. The fourth-order valence-electron chi connectivity index (χ4n) is 4.77. The average Bonchev–Trinajstić information content (AvgIpc) is 3.01. The Labute approximate surface area is 184 Å². The molecule has 1 aromatic heterocycles. The predicted molar refractivity (Wildman–Crippen MR) is 116 cm³/mol. The standard InChI is InChI=1S/C23H35N3O5/c1-6-30-23(29)20-16(4)21(24-17(20)5)19(27)13-25-9-7-18(8-10-25)22(28)26-11-14(2)31-15(3)12-26/h14-15,18,24H,6-13H2,1-5H3. The van der Waals surface area contributed by atoms with Crippen LogP contribution in [0, 0.1) is 19.8 Å². The van der Waals surface area contributed by atoms with E-state index in [0.29, 0.717) is 55.3 Å². The molecule has 1 amide bonds. The molecule has 0 radical (unpaired) electrons. The molecule has 2 atom stereocenters. The van der Waals surface area contributed by atoms with Gasteiger partial charge in [0, 0.05) is 24.7 Å². The van der Waals surface area contributed by atoms with E-state index in [1.54, 1.807) is 20.8 Å². The number of nitrogens with one attached hydrogen (secondary N) is 1. The van der Waals surface area contributed by atoms with Crippen LogP contribution in [0.4, 0.5) is 0 Å². The number of piperidine rings is 1. The van der Waals surface area contributed by atoms with Crippen LogP contribution < -0.4 is 0 Å². The van der Waals surface area contributed by atoms with Crippen molar-refractivity contribution < 1.29 is 23.9 Å². The molecule has 2 aliphatic rings. The van der Waals surface area contributed by atoms with E-state index < -0.39 is 5.97 Å². The van der Waals surface area contributed by atoms with Gasteiger partial charge in [0.1, 0.15) is 0 Å². The molecular weight excluding hydrogens is 398 g/mol. The van der Waals surface area contributed by atoms with Gasteiger partial charge < -0.3 is 19.4 Å². The van der Waals surface area contributed by atoms with Gasteiger partial charge in [0.25, 0.3) is 0 Å². The van der Waals surface area contributed by atoms with Crippen LogP contribution in [0.25, 0.3) is 0 Å². The molecule has 2 fully saturated rings. The van der Waals surface area contributed by atoms with Crippen molar-refractivity contribution in [3.8, 4) is 0 Å². The van der Waals surface area contributed by atoms with Gasteiger partial charge in [-0.25, -0.2) is 4.79 Å². The predicted octanol–water partition coefficient (Wildman–Crippen LogP) is 2.34. The van der Waals surface area contributed by atoms with Gasteiger partial charge in [0.15, 0.2) is 5.78 Å². The molecule has 0 spiro atoms. The van der Waals surface area contributed by atoms with Crippen LogP contribution in [0.1, 0.15) is 65.7 Å². The van der Waals surface area contributed by atoms with Crippen LogP contribution in [-0.4, -0.2) is 84.0 Å². The molecule has 0 bridgehead atoms. The van der Waals surface area contributed by atoms with Crippen LogP contribution in [0.5, 0.6) is 0 Å². The Morgan fingerprint density at radius 2 is 1.71 bits per heavy atom. The molecule has 2 unspecified atom stereocenters. The monoisotopic (exact) mass is 433 g/mol. The fourth-order valence-corrected chi connectivity index (χ4v) is 4.77. The average molecular weight is 434 g/mol. The van der Waals surface area contributed by atoms with Gasteiger partial charge in [-0.1, -0.05) is 0 Å². The van der Waals surface area contributed by atoms with Gasteiger partial charge in [-0.15, -0.1) is 0 Å². The van der Waals surface area contributed by atoms with Gasteiger partial charge in [0.2, 0.25) is 5.91 Å². The molecule has 2 aliphatic heterocycles. The Morgan fingerprint density at radius 3 is 2.29 bits per heavy atom. The van der Waals surface area contributed by atoms with Gasteiger partial charge in [-0.2, -0.15) is 0 Å². The van der Waals surface area contributed by atoms with Crippen LogP contribution in [0.2, 0.25) is 0 Å². The number of amides is 1. The highest BCUT2D eigenvalue weighted by Gasteiger charge is 2.33. The zero-order chi connectivity index (χ0) is 22.7. The number of H-pyrrole nitrogens is 1. The van der Waals surface area contributed by atoms with Crippen LogP contribution in [-0.2, 0) is 14.3 Å². The van der Waals surface area contributed by atoms with Gasteiger partial charge in [-0.3, -0.25) is 14.5 Å². The molecule has 1 N–H and O–H groups in total. The minimum atomic E-state index is -0.404. The molecular formula is C23H35N3O5. The normalized spacial score (nSPS) is 23.1. The lowest BCUT2D eigenvalue weighted by molar-refractivity contribution is -0.148. The number of esters is 1. The summed E-state index contributed by atoms with van der Waals surface area (Å²) >= 11 is 0. The fraction of sp³-hybridized carbons (Fsp3) is 0.696. The molecule has 1 aromatic rings. The van der Waals surface area contributed by atoms with Crippen molar-refractivity contribution in [3.05, 3.63) is 22.5 Å². The number of ether oxygens (including phenoxy) is 2. The van der Waals surface area contributed by atoms with Crippen LogP contribution in [0.15, 0.2) is 0 Å². The Balaban J connectivity index is 1.55. The lowest BCUT2D eigenvalue weighted by atomic mass is 9.94. The summed E-state index contributed by atoms with van der Waals surface area (Å²) in [6.07, 6.45) is 1.64. The third kappa shape index (κ3) is 5.36. The Morgan fingerprint density at radius 1 is 1.10 bits per heavy atom. The highest BCUT2D eigenvalue weighted by Crippen LogP contribution is 2.24. The van der Waals surface area contributed by atoms with E-state index in [4.69, 9.17) is 9.47 Å². The Kier molecular flexibility index (Phi) is 7.54. The van der Waals surface area contributed by atoms with E-state index in [0.717, 1.165) is 12.8 Å². The number of nitrogens with zero attached hydrogens (tertiary/aromatic N) is 2. The molecule has 0 saturated carbocycles. The second-order valence-corrected chi connectivity index (χ2v) is 8.82. The SMILES string of the molecule is CCOC(=O)c1c(C)[nH]c(C(=O)CN2CCC(C(=O)N3CC(C)OC(C)C3)CC2)c1C. The summed E-state index contributed by atoms with van der Waals surface area (Å²) in [4.78, 5) is 45.1. The second kappa shape index (κ2) is 9.96. The maximum Gasteiger partial charge on any atom is 0.340 e. The van der Waals surface area contributed by atoms with Gasteiger partial charge in [-0.05, 0) is 66.1 Å². The summed E-state index contributed by atoms with van der Waals surface area (Å²) in [6, 6.07) is 0. The van der Waals surface area contributed by atoms with E-state index in [-0.39, 0.29) is 36.4 Å². The molecule has 8 heteroatoms. The van der Waals surface area contributed by atoms with Crippen molar-refractivity contribution in [1.29, 1.82) is 0 Å². The number of carbonyl (C=O) groups is 3. The first kappa shape index (κ1) is 23.5. The topological polar surface area (TPSA) is 91.9 Å². The van der Waals surface area contributed by atoms with E-state index in [1.807, 2.05) is 18.7 Å². The largest absolute Gasteiger partial charge is 0.462 e. The number of aromatic nitrogens is 1. The summed E-state index contributed by atoms with van der Waals surface area (Å²) < 4.78 is 10.8. The summed E-state index contributed by atoms with van der Waals surface area (Å²) in [5.74, 6) is -0.229. The van der Waals surface area contributed by atoms with Crippen molar-refractivity contribution >= 4 is 17.7 Å². The van der Waals surface area contributed by atoms with E-state index in [2.05, 4.69) is 9.88 Å². The number of carbonyl (C=O) groups excluding carboxylic acids is 3. The van der Waals surface area contributed by atoms with Crippen LogP contribution >= 0.6 is 0 Å². The molecule has 0 aliphatic carbocycles. The molecule has 2 saturated heterocycles. The quantitative estimate of drug-likeness (QED) is 0.547. The number of rotatable bonds is 6. The van der Waals surface area contributed by atoms with Crippen molar-refractivity contribution in [1.82, 2.24) is 14.8 Å². The number of likely N-dealkylation sites (tertiary alicyclic amines) is 1. The lowest BCUT2D eigenvalue weighted by Crippen LogP contribution is -2.51. The van der Waals surface area contributed by atoms with Crippen molar-refractivity contribution in [2.45, 2.75) is 59.7 Å². The Hall–Kier alpha value is -2.19. The van der Waals surface area contributed by atoms with E-state index >= 15 is 0 Å². The number of aromatic amines is 1. The summed E-state index contributed by atoms with van der Waals surface area (Å²) in [5, 5.41) is 0. The maximum absolute atomic E-state index is 12.9. The molecule has 8 nitrogen and oxygen atoms in total. The maximum atomic E-state index is 12.9. The molecule has 31 heavy (non-hydrogen) atoms. The number of Topliss-reactive ketones (excluding diaryl/α,β-unsaturated/α-hetero) is 1. The smallest absolute Gasteiger partial charge is 0.340 e. The van der Waals surface area contributed by atoms with E-state index in [9.17, 15) is 14.4 Å². The molecule has 172 valence electrons. The van der Waals surface area contributed by atoms with Crippen LogP contribution in [0.3, 0.4) is 0 Å². The Bertz CT molecular complexity index is 815.